The number of aromatic nitrogens is 4. The van der Waals surface area contributed by atoms with Crippen LogP contribution in [0.2, 0.25) is 0 Å². The number of nitrogens with zero attached hydrogens (tertiary/aromatic N) is 4. The van der Waals surface area contributed by atoms with E-state index in [-0.39, 0.29) is 11.1 Å². The van der Waals surface area contributed by atoms with E-state index < -0.39 is 34.9 Å². The third kappa shape index (κ3) is 6.15. The summed E-state index contributed by atoms with van der Waals surface area (Å²) >= 11 is 0. The summed E-state index contributed by atoms with van der Waals surface area (Å²) in [6.45, 7) is 1.50. The summed E-state index contributed by atoms with van der Waals surface area (Å²) < 4.78 is 32.6. The number of carbonyl (C=O) groups is 2. The first-order chi connectivity index (χ1) is 26.3. The smallest absolute Gasteiger partial charge is 0.254 e. The Morgan fingerprint density at radius 1 is 0.704 bits per heavy atom. The first kappa shape index (κ1) is 34.1. The Balaban J connectivity index is 1.12. The van der Waals surface area contributed by atoms with Crippen LogP contribution in [0.5, 0.6) is 0 Å². The molecule has 8 aromatic rings. The van der Waals surface area contributed by atoms with E-state index in [4.69, 9.17) is 5.10 Å². The second-order valence-corrected chi connectivity index (χ2v) is 13.0. The molecule has 0 aliphatic carbocycles. The molecule has 8 rings (SSSR count). The Labute approximate surface area is 310 Å². The average molecular weight is 714 g/mol. The number of halogens is 2. The van der Waals surface area contributed by atoms with Crippen molar-refractivity contribution in [1.82, 2.24) is 24.6 Å². The minimum atomic E-state index is -0.958. The van der Waals surface area contributed by atoms with Gasteiger partial charge in [0.15, 0.2) is 5.78 Å². The van der Waals surface area contributed by atoms with Gasteiger partial charge in [0, 0.05) is 17.3 Å². The number of amides is 1. The van der Waals surface area contributed by atoms with Crippen molar-refractivity contribution in [2.75, 3.05) is 0 Å². The number of hydrogen-bond donors (Lipinski definition) is 1. The molecule has 54 heavy (non-hydrogen) atoms. The van der Waals surface area contributed by atoms with Gasteiger partial charge < -0.3 is 5.32 Å². The quantitative estimate of drug-likeness (QED) is 0.113. The van der Waals surface area contributed by atoms with E-state index in [1.807, 2.05) is 89.9 Å². The van der Waals surface area contributed by atoms with Crippen LogP contribution in [0, 0.1) is 11.6 Å². The highest BCUT2D eigenvalue weighted by Crippen LogP contribution is 2.41. The lowest BCUT2D eigenvalue weighted by atomic mass is 9.77. The molecule has 2 heterocycles. The Hall–Kier alpha value is -7.00. The van der Waals surface area contributed by atoms with E-state index in [1.54, 1.807) is 17.0 Å². The molecular formula is C45H33F2N5O2. The van der Waals surface area contributed by atoms with Crippen LogP contribution >= 0.6 is 0 Å². The molecule has 0 radical (unpaired) electrons. The third-order valence-electron chi connectivity index (χ3n) is 9.73. The number of Topliss-reactive ketones (excluding diaryl/α,β-unsaturated/α-hetero) is 1. The Kier molecular flexibility index (Phi) is 8.97. The molecule has 1 atom stereocenters. The SMILES string of the molecule is CC(NC(=O)c1ccc(-n2cnc3ccc(-c4cnn(C(c5ccccc5)(c5ccccc5)c5ccccc5)c4)cc32)cc1F)C(=O)c1ccc(F)cc1. The van der Waals surface area contributed by atoms with E-state index in [2.05, 4.69) is 46.7 Å². The maximum atomic E-state index is 15.6. The molecule has 7 nitrogen and oxygen atoms in total. The molecule has 264 valence electrons. The van der Waals surface area contributed by atoms with Gasteiger partial charge in [0.1, 0.15) is 23.5 Å². The van der Waals surface area contributed by atoms with Gasteiger partial charge in [0.2, 0.25) is 0 Å². The highest BCUT2D eigenvalue weighted by atomic mass is 19.1. The lowest BCUT2D eigenvalue weighted by Crippen LogP contribution is -2.38. The Morgan fingerprint density at radius 2 is 1.31 bits per heavy atom. The van der Waals surface area contributed by atoms with Crippen molar-refractivity contribution in [3.05, 3.63) is 210 Å². The van der Waals surface area contributed by atoms with Crippen molar-refractivity contribution in [1.29, 1.82) is 0 Å². The molecule has 1 unspecified atom stereocenters. The molecule has 0 aliphatic heterocycles. The number of nitrogens with one attached hydrogen (secondary N) is 1. The number of carbonyl (C=O) groups excluding carboxylic acids is 2. The van der Waals surface area contributed by atoms with Gasteiger partial charge in [-0.3, -0.25) is 18.8 Å². The fourth-order valence-electron chi connectivity index (χ4n) is 7.03. The zero-order valence-corrected chi connectivity index (χ0v) is 29.1. The monoisotopic (exact) mass is 713 g/mol. The molecule has 0 spiro atoms. The maximum absolute atomic E-state index is 15.6. The summed E-state index contributed by atoms with van der Waals surface area (Å²) in [5.74, 6) is -2.40. The largest absolute Gasteiger partial charge is 0.342 e. The minimum Gasteiger partial charge on any atom is -0.342 e. The van der Waals surface area contributed by atoms with Crippen LogP contribution in [0.3, 0.4) is 0 Å². The number of benzene rings is 6. The molecule has 0 bridgehead atoms. The van der Waals surface area contributed by atoms with Gasteiger partial charge in [-0.05, 0) is 83.8 Å². The van der Waals surface area contributed by atoms with Gasteiger partial charge in [-0.1, -0.05) is 97.1 Å². The lowest BCUT2D eigenvalue weighted by Gasteiger charge is -2.36. The molecule has 2 aromatic heterocycles. The predicted molar refractivity (Wildman–Crippen MR) is 205 cm³/mol. The number of fused-ring (bicyclic) bond motifs is 1. The summed E-state index contributed by atoms with van der Waals surface area (Å²) in [5.41, 5.74) is 6.07. The molecule has 0 saturated carbocycles. The summed E-state index contributed by atoms with van der Waals surface area (Å²) in [6.07, 6.45) is 5.51. The fourth-order valence-corrected chi connectivity index (χ4v) is 7.03. The van der Waals surface area contributed by atoms with Crippen molar-refractivity contribution < 1.29 is 18.4 Å². The van der Waals surface area contributed by atoms with Gasteiger partial charge in [-0.25, -0.2) is 13.8 Å². The Morgan fingerprint density at radius 3 is 1.91 bits per heavy atom. The van der Waals surface area contributed by atoms with Crippen molar-refractivity contribution in [2.45, 2.75) is 18.5 Å². The van der Waals surface area contributed by atoms with Gasteiger partial charge in [-0.15, -0.1) is 0 Å². The van der Waals surface area contributed by atoms with Crippen LogP contribution in [0.4, 0.5) is 8.78 Å². The average Bonchev–Trinajstić information content (AvgIpc) is 3.88. The van der Waals surface area contributed by atoms with Crippen molar-refractivity contribution in [2.24, 2.45) is 0 Å². The second kappa shape index (κ2) is 14.2. The van der Waals surface area contributed by atoms with Crippen LogP contribution in [0.25, 0.3) is 27.8 Å². The molecule has 9 heteroatoms. The molecule has 0 fully saturated rings. The molecule has 1 amide bonds. The predicted octanol–water partition coefficient (Wildman–Crippen LogP) is 9.01. The number of hydrogen-bond acceptors (Lipinski definition) is 4. The zero-order chi connectivity index (χ0) is 37.2. The first-order valence-corrected chi connectivity index (χ1v) is 17.4. The second-order valence-electron chi connectivity index (χ2n) is 13.0. The minimum absolute atomic E-state index is 0.214. The van der Waals surface area contributed by atoms with Crippen molar-refractivity contribution >= 4 is 22.7 Å². The third-order valence-corrected chi connectivity index (χ3v) is 9.73. The van der Waals surface area contributed by atoms with Crippen LogP contribution < -0.4 is 5.32 Å². The summed E-state index contributed by atoms with van der Waals surface area (Å²) in [4.78, 5) is 30.4. The van der Waals surface area contributed by atoms with Gasteiger partial charge >= 0.3 is 0 Å². The Bertz CT molecular complexity index is 2510. The summed E-state index contributed by atoms with van der Waals surface area (Å²) in [5, 5.41) is 7.56. The first-order valence-electron chi connectivity index (χ1n) is 17.4. The lowest BCUT2D eigenvalue weighted by molar-refractivity contribution is 0.0863. The number of rotatable bonds is 10. The number of imidazole rings is 1. The highest BCUT2D eigenvalue weighted by Gasteiger charge is 2.39. The van der Waals surface area contributed by atoms with Crippen molar-refractivity contribution in [3.63, 3.8) is 0 Å². The normalized spacial score (nSPS) is 12.1. The molecule has 0 aliphatic rings. The fraction of sp³-hybridized carbons (Fsp3) is 0.0667. The molecule has 1 N–H and O–H groups in total. The van der Waals surface area contributed by atoms with E-state index in [1.165, 1.54) is 43.3 Å². The van der Waals surface area contributed by atoms with Crippen molar-refractivity contribution in [3.8, 4) is 16.8 Å². The topological polar surface area (TPSA) is 81.8 Å². The van der Waals surface area contributed by atoms with Gasteiger partial charge in [0.25, 0.3) is 5.91 Å². The van der Waals surface area contributed by atoms with Gasteiger partial charge in [0.05, 0.1) is 34.5 Å². The standard InChI is InChI=1S/C45H33F2N5O2/c1-30(43(53)31-17-20-37(46)21-18-31)50-44(54)39-23-22-38(26-40(39)47)51-29-48-41-24-19-32(25-42(41)51)33-27-49-52(28-33)45(34-11-5-2-6-12-34,35-13-7-3-8-14-35)36-15-9-4-10-16-36/h2-30H,1H3,(H,50,54). The molecular weight excluding hydrogens is 681 g/mol. The molecule has 6 aromatic carbocycles. The van der Waals surface area contributed by atoms with E-state index in [9.17, 15) is 14.0 Å². The molecule has 0 saturated heterocycles. The summed E-state index contributed by atoms with van der Waals surface area (Å²) in [6, 6.07) is 45.2. The van der Waals surface area contributed by atoms with Gasteiger partial charge in [-0.2, -0.15) is 5.10 Å². The van der Waals surface area contributed by atoms with E-state index >= 15 is 4.39 Å². The zero-order valence-electron chi connectivity index (χ0n) is 29.1. The van der Waals surface area contributed by atoms with E-state index in [0.29, 0.717) is 11.2 Å². The highest BCUT2D eigenvalue weighted by molar-refractivity contribution is 6.04. The van der Waals surface area contributed by atoms with Crippen LogP contribution in [-0.2, 0) is 5.54 Å². The van der Waals surface area contributed by atoms with Crippen LogP contribution in [0.15, 0.2) is 170 Å². The van der Waals surface area contributed by atoms with Crippen LogP contribution in [0.1, 0.15) is 44.3 Å². The summed E-state index contributed by atoms with van der Waals surface area (Å²) in [7, 11) is 0. The maximum Gasteiger partial charge on any atom is 0.254 e. The van der Waals surface area contributed by atoms with Crippen LogP contribution in [-0.4, -0.2) is 37.1 Å². The van der Waals surface area contributed by atoms with E-state index in [0.717, 1.165) is 33.3 Å². The number of ketones is 1.